The predicted octanol–water partition coefficient (Wildman–Crippen LogP) is 9.42. The minimum Gasteiger partial charge on any atom is -0.871 e. The largest absolute Gasteiger partial charge is 0.871 e. The van der Waals surface area contributed by atoms with Crippen LogP contribution < -0.4 is 10.2 Å². The predicted molar refractivity (Wildman–Crippen MR) is 184 cm³/mol. The number of hydrogen-bond acceptors (Lipinski definition) is 4. The highest BCUT2D eigenvalue weighted by atomic mass is 16.3. The Labute approximate surface area is 265 Å². The Morgan fingerprint density at radius 3 is 1.05 bits per heavy atom. The maximum Gasteiger partial charge on any atom is 0.0715 e. The first-order valence-corrected chi connectivity index (χ1v) is 15.5. The molecule has 0 N–H and O–H groups in total. The molecule has 0 heterocycles. The molecular formula is C40H48N2O2-2. The minimum atomic E-state index is -0.322. The standard InChI is InChI=1S/C40H50N2O2/c1-37(2,3)25-21-29(39(7,8)9)35(43)33(23-25)41-31-19-15-13-17-27(31)28-18-14-16-20-32(28)42-34-24-26(38(4,5)6)22-30(36(34)44)40(10,11)12/h13-24,43-44H,1-12H3/p-2/b28-27+,41-31?,42-32?. The van der Waals surface area contributed by atoms with Crippen molar-refractivity contribution >= 4 is 22.8 Å². The molecule has 0 amide bonds. The summed E-state index contributed by atoms with van der Waals surface area (Å²) in [4.78, 5) is 10.0. The lowest BCUT2D eigenvalue weighted by molar-refractivity contribution is -0.269. The van der Waals surface area contributed by atoms with Gasteiger partial charge in [0.05, 0.1) is 22.8 Å². The first kappa shape index (κ1) is 33.0. The van der Waals surface area contributed by atoms with Crippen LogP contribution in [0.1, 0.15) is 105 Å². The lowest BCUT2D eigenvalue weighted by Gasteiger charge is -2.31. The average molecular weight is 589 g/mol. The van der Waals surface area contributed by atoms with Crippen molar-refractivity contribution < 1.29 is 10.2 Å². The molecule has 0 saturated heterocycles. The second-order valence-corrected chi connectivity index (χ2v) is 16.0. The molecule has 0 atom stereocenters. The third kappa shape index (κ3) is 7.07. The molecule has 4 heteroatoms. The first-order chi connectivity index (χ1) is 20.2. The van der Waals surface area contributed by atoms with E-state index in [9.17, 15) is 10.2 Å². The molecule has 4 nitrogen and oxygen atoms in total. The minimum absolute atomic E-state index is 0.0528. The Morgan fingerprint density at radius 1 is 0.432 bits per heavy atom. The van der Waals surface area contributed by atoms with Crippen molar-refractivity contribution in [2.45, 2.75) is 105 Å². The van der Waals surface area contributed by atoms with Gasteiger partial charge in [-0.2, -0.15) is 0 Å². The van der Waals surface area contributed by atoms with E-state index < -0.39 is 0 Å². The molecule has 44 heavy (non-hydrogen) atoms. The van der Waals surface area contributed by atoms with Gasteiger partial charge in [-0.15, -0.1) is 0 Å². The maximum atomic E-state index is 13.8. The average Bonchev–Trinajstić information content (AvgIpc) is 2.89. The van der Waals surface area contributed by atoms with E-state index >= 15 is 0 Å². The number of nitrogens with zero attached hydrogens (tertiary/aromatic N) is 2. The zero-order valence-electron chi connectivity index (χ0n) is 28.6. The van der Waals surface area contributed by atoms with Crippen molar-refractivity contribution in [2.75, 3.05) is 0 Å². The Morgan fingerprint density at radius 2 is 0.750 bits per heavy atom. The van der Waals surface area contributed by atoms with Crippen LogP contribution >= 0.6 is 0 Å². The van der Waals surface area contributed by atoms with Crippen molar-refractivity contribution in [3.8, 4) is 11.5 Å². The summed E-state index contributed by atoms with van der Waals surface area (Å²) in [7, 11) is 0. The van der Waals surface area contributed by atoms with E-state index in [4.69, 9.17) is 9.98 Å². The summed E-state index contributed by atoms with van der Waals surface area (Å²) in [6.45, 7) is 25.3. The number of aliphatic imine (C=N–C) groups is 2. The van der Waals surface area contributed by atoms with Gasteiger partial charge in [0, 0.05) is 11.1 Å². The van der Waals surface area contributed by atoms with Gasteiger partial charge in [0.15, 0.2) is 0 Å². The van der Waals surface area contributed by atoms with Gasteiger partial charge in [-0.1, -0.05) is 143 Å². The number of hydrogen-bond donors (Lipinski definition) is 0. The summed E-state index contributed by atoms with van der Waals surface area (Å²) in [6, 6.07) is 7.94. The van der Waals surface area contributed by atoms with Gasteiger partial charge >= 0.3 is 0 Å². The van der Waals surface area contributed by atoms with E-state index in [2.05, 4.69) is 83.1 Å². The van der Waals surface area contributed by atoms with Crippen LogP contribution in [0.3, 0.4) is 0 Å². The van der Waals surface area contributed by atoms with Gasteiger partial charge in [0.2, 0.25) is 0 Å². The third-order valence-corrected chi connectivity index (χ3v) is 8.07. The number of allylic oxidation sites excluding steroid dienone is 10. The Balaban J connectivity index is 1.96. The number of benzene rings is 2. The van der Waals surface area contributed by atoms with Crippen LogP contribution in [-0.2, 0) is 21.7 Å². The molecule has 0 fully saturated rings. The molecule has 0 aliphatic heterocycles. The third-order valence-electron chi connectivity index (χ3n) is 8.07. The van der Waals surface area contributed by atoms with Crippen LogP contribution in [-0.4, -0.2) is 11.4 Å². The van der Waals surface area contributed by atoms with Crippen molar-refractivity contribution in [1.82, 2.24) is 0 Å². The Bertz CT molecular complexity index is 1550. The SMILES string of the molecule is CC(C)(C)c1cc(N=C2C=CC=C/C2=C2/C=CC=CC2=Nc2cc(C(C)(C)C)cc(C(C)(C)C)c2[O-])c([O-])c(C(C)(C)C)c1. The van der Waals surface area contributed by atoms with Crippen LogP contribution in [0.5, 0.6) is 11.5 Å². The summed E-state index contributed by atoms with van der Waals surface area (Å²) < 4.78 is 0. The molecule has 0 aromatic heterocycles. The van der Waals surface area contributed by atoms with E-state index in [0.717, 1.165) is 33.4 Å². The quantitative estimate of drug-likeness (QED) is 0.351. The maximum absolute atomic E-state index is 13.8. The van der Waals surface area contributed by atoms with Crippen molar-refractivity contribution in [3.05, 3.63) is 106 Å². The molecule has 0 spiro atoms. The normalized spacial score (nSPS) is 19.5. The van der Waals surface area contributed by atoms with E-state index in [1.54, 1.807) is 0 Å². The van der Waals surface area contributed by atoms with Crippen LogP contribution in [0.2, 0.25) is 0 Å². The van der Waals surface area contributed by atoms with Gasteiger partial charge in [0.1, 0.15) is 0 Å². The molecule has 0 bridgehead atoms. The lowest BCUT2D eigenvalue weighted by Crippen LogP contribution is -2.19. The van der Waals surface area contributed by atoms with E-state index in [1.807, 2.05) is 72.9 Å². The summed E-state index contributed by atoms with van der Waals surface area (Å²) in [5.41, 5.74) is 6.64. The molecule has 2 aliphatic carbocycles. The summed E-state index contributed by atoms with van der Waals surface area (Å²) in [5.74, 6) is -0.106. The monoisotopic (exact) mass is 588 g/mol. The molecule has 2 aliphatic rings. The fourth-order valence-electron chi connectivity index (χ4n) is 5.23. The summed E-state index contributed by atoms with van der Waals surface area (Å²) >= 11 is 0. The highest BCUT2D eigenvalue weighted by molar-refractivity contribution is 6.22. The van der Waals surface area contributed by atoms with Crippen molar-refractivity contribution in [1.29, 1.82) is 0 Å². The van der Waals surface area contributed by atoms with Crippen LogP contribution in [0, 0.1) is 0 Å². The van der Waals surface area contributed by atoms with Gasteiger partial charge in [0.25, 0.3) is 0 Å². The summed E-state index contributed by atoms with van der Waals surface area (Å²) in [6.07, 6.45) is 15.7. The zero-order chi connectivity index (χ0) is 32.8. The molecule has 2 aromatic carbocycles. The van der Waals surface area contributed by atoms with Crippen molar-refractivity contribution in [3.63, 3.8) is 0 Å². The first-order valence-electron chi connectivity index (χ1n) is 15.5. The lowest BCUT2D eigenvalue weighted by atomic mass is 9.79. The van der Waals surface area contributed by atoms with Crippen molar-refractivity contribution in [2.24, 2.45) is 9.98 Å². The smallest absolute Gasteiger partial charge is 0.0715 e. The molecule has 0 unspecified atom stereocenters. The van der Waals surface area contributed by atoms with Crippen LogP contribution in [0.4, 0.5) is 11.4 Å². The topological polar surface area (TPSA) is 70.8 Å². The molecular weight excluding hydrogens is 540 g/mol. The Kier molecular flexibility index (Phi) is 8.65. The van der Waals surface area contributed by atoms with Gasteiger partial charge in [-0.05, 0) is 68.2 Å². The molecule has 4 rings (SSSR count). The van der Waals surface area contributed by atoms with Gasteiger partial charge < -0.3 is 10.2 Å². The number of rotatable bonds is 2. The van der Waals surface area contributed by atoms with E-state index in [0.29, 0.717) is 22.8 Å². The second-order valence-electron chi connectivity index (χ2n) is 16.0. The second kappa shape index (κ2) is 11.5. The molecule has 232 valence electrons. The molecule has 0 saturated carbocycles. The van der Waals surface area contributed by atoms with Gasteiger partial charge in [-0.3, -0.25) is 0 Å². The molecule has 0 radical (unpaired) electrons. The van der Waals surface area contributed by atoms with Crippen LogP contribution in [0.25, 0.3) is 0 Å². The highest BCUT2D eigenvalue weighted by Crippen LogP contribution is 2.42. The summed E-state index contributed by atoms with van der Waals surface area (Å²) in [5, 5.41) is 27.5. The molecule has 2 aromatic rings. The highest BCUT2D eigenvalue weighted by Gasteiger charge is 2.24. The fraction of sp³-hybridized carbons (Fsp3) is 0.400. The van der Waals surface area contributed by atoms with Gasteiger partial charge in [-0.25, -0.2) is 9.98 Å². The van der Waals surface area contributed by atoms with E-state index in [1.165, 1.54) is 0 Å². The Hall–Kier alpha value is -3.92. The fourth-order valence-corrected chi connectivity index (χ4v) is 5.23. The van der Waals surface area contributed by atoms with Crippen LogP contribution in [0.15, 0.2) is 94.0 Å². The zero-order valence-corrected chi connectivity index (χ0v) is 28.6. The van der Waals surface area contributed by atoms with E-state index in [-0.39, 0.29) is 33.2 Å².